The molecule has 1 aromatic heterocycles. The first-order chi connectivity index (χ1) is 18.2. The summed E-state index contributed by atoms with van der Waals surface area (Å²) in [5.74, 6) is -0.963. The van der Waals surface area contributed by atoms with Gasteiger partial charge in [0.15, 0.2) is 16.5 Å². The number of aromatic nitrogens is 1. The number of thiazole rings is 1. The fourth-order valence-electron chi connectivity index (χ4n) is 8.47. The van der Waals surface area contributed by atoms with Crippen molar-refractivity contribution in [2.75, 3.05) is 5.32 Å². The molecule has 0 spiro atoms. The second-order valence-corrected chi connectivity index (χ2v) is 14.9. The van der Waals surface area contributed by atoms with Crippen molar-refractivity contribution >= 4 is 48.4 Å². The van der Waals surface area contributed by atoms with Crippen molar-refractivity contribution in [2.24, 2.45) is 39.6 Å². The molecule has 0 saturated heterocycles. The van der Waals surface area contributed by atoms with Gasteiger partial charge in [-0.05, 0) is 73.8 Å². The second kappa shape index (κ2) is 8.53. The lowest BCUT2D eigenvalue weighted by atomic mass is 9.46. The number of fused-ring (bicyclic) bond motifs is 6. The van der Waals surface area contributed by atoms with E-state index in [0.717, 1.165) is 29.8 Å². The first kappa shape index (κ1) is 26.8. The van der Waals surface area contributed by atoms with Crippen LogP contribution in [-0.4, -0.2) is 47.0 Å². The molecule has 3 fully saturated rings. The minimum atomic E-state index is -3.89. The number of hydrogen-bond donors (Lipinski definition) is 4. The number of benzene rings is 1. The summed E-state index contributed by atoms with van der Waals surface area (Å²) in [6.45, 7) is 5.90. The van der Waals surface area contributed by atoms with Gasteiger partial charge < -0.3 is 10.2 Å². The summed E-state index contributed by atoms with van der Waals surface area (Å²) >= 11 is 1.11. The average Bonchev–Trinajstić information content (AvgIpc) is 3.34. The molecule has 4 aliphatic rings. The molecule has 1 aromatic carbocycles. The van der Waals surface area contributed by atoms with Gasteiger partial charge in [0.2, 0.25) is 10.0 Å². The van der Waals surface area contributed by atoms with Gasteiger partial charge in [0.05, 0.1) is 21.2 Å². The van der Waals surface area contributed by atoms with Gasteiger partial charge in [-0.25, -0.2) is 18.5 Å². The van der Waals surface area contributed by atoms with Crippen LogP contribution in [0.15, 0.2) is 46.9 Å². The number of amides is 1. The van der Waals surface area contributed by atoms with Gasteiger partial charge in [-0.3, -0.25) is 14.9 Å². The second-order valence-electron chi connectivity index (χ2n) is 12.3. The van der Waals surface area contributed by atoms with E-state index in [1.807, 2.05) is 19.9 Å². The Balaban J connectivity index is 1.31. The molecule has 208 valence electrons. The maximum Gasteiger partial charge on any atom is 0.258 e. The van der Waals surface area contributed by atoms with Crippen LogP contribution in [0.25, 0.3) is 10.2 Å². The zero-order valence-electron chi connectivity index (χ0n) is 22.0. The normalized spacial score (nSPS) is 39.6. The highest BCUT2D eigenvalue weighted by Crippen LogP contribution is 2.68. The zero-order chi connectivity index (χ0) is 28.1. The summed E-state index contributed by atoms with van der Waals surface area (Å²) in [6.07, 6.45) is 6.93. The number of nitrogens with two attached hydrogens (primary N) is 1. The Hall–Kier alpha value is -2.44. The molecule has 9 nitrogen and oxygen atoms in total. The molecule has 3 saturated carbocycles. The number of primary sulfonamides is 1. The van der Waals surface area contributed by atoms with Gasteiger partial charge in [-0.1, -0.05) is 43.8 Å². The molecule has 4 aliphatic carbocycles. The molecule has 0 aliphatic heterocycles. The van der Waals surface area contributed by atoms with E-state index < -0.39 is 38.5 Å². The Morgan fingerprint density at radius 2 is 2.03 bits per heavy atom. The summed E-state index contributed by atoms with van der Waals surface area (Å²) in [5, 5.41) is 32.1. The summed E-state index contributed by atoms with van der Waals surface area (Å²) in [7, 11) is -3.89. The van der Waals surface area contributed by atoms with E-state index in [9.17, 15) is 28.2 Å². The van der Waals surface area contributed by atoms with E-state index in [-0.39, 0.29) is 45.9 Å². The van der Waals surface area contributed by atoms with Crippen LogP contribution in [0.2, 0.25) is 0 Å². The SMILES string of the molecule is C[C@@H]1CC2C3CCC4=CC(=O)C=CC4(C)C3[C@@H](O)CC2(C)[C@@]1(O)C(=O)Nc1nc2ccc(S(N)(=O)=O)cc2s1. The molecule has 1 heterocycles. The number of aliphatic hydroxyl groups excluding tert-OH is 1. The Morgan fingerprint density at radius 3 is 2.74 bits per heavy atom. The van der Waals surface area contributed by atoms with Crippen LogP contribution in [-0.2, 0) is 19.6 Å². The van der Waals surface area contributed by atoms with Crippen LogP contribution in [0.4, 0.5) is 5.13 Å². The number of allylic oxidation sites excluding steroid dienone is 4. The van der Waals surface area contributed by atoms with Gasteiger partial charge in [-0.15, -0.1) is 0 Å². The van der Waals surface area contributed by atoms with E-state index in [4.69, 9.17) is 5.14 Å². The fraction of sp³-hybridized carbons (Fsp3) is 0.536. The van der Waals surface area contributed by atoms with Crippen LogP contribution < -0.4 is 10.5 Å². The number of rotatable bonds is 3. The van der Waals surface area contributed by atoms with Crippen molar-refractivity contribution in [3.05, 3.63) is 42.0 Å². The van der Waals surface area contributed by atoms with E-state index >= 15 is 0 Å². The first-order valence-corrected chi connectivity index (χ1v) is 15.6. The third-order valence-electron chi connectivity index (χ3n) is 10.3. The number of carbonyl (C=O) groups is 2. The molecule has 5 unspecified atom stereocenters. The van der Waals surface area contributed by atoms with Crippen molar-refractivity contribution < 1.29 is 28.2 Å². The topological polar surface area (TPSA) is 160 Å². The van der Waals surface area contributed by atoms with Gasteiger partial charge in [0, 0.05) is 16.7 Å². The Morgan fingerprint density at radius 1 is 1.28 bits per heavy atom. The molecule has 1 amide bonds. The highest BCUT2D eigenvalue weighted by Gasteiger charge is 2.70. The van der Waals surface area contributed by atoms with Crippen LogP contribution >= 0.6 is 11.3 Å². The summed E-state index contributed by atoms with van der Waals surface area (Å²) in [5.41, 5.74) is -1.49. The maximum absolute atomic E-state index is 13.9. The van der Waals surface area contributed by atoms with Gasteiger partial charge in [0.25, 0.3) is 5.91 Å². The molecule has 2 aromatic rings. The number of nitrogens with zero attached hydrogens (tertiary/aromatic N) is 1. The van der Waals surface area contributed by atoms with Crippen molar-refractivity contribution in [1.82, 2.24) is 4.98 Å². The molecule has 0 radical (unpaired) electrons. The van der Waals surface area contributed by atoms with E-state index in [1.54, 1.807) is 12.2 Å². The van der Waals surface area contributed by atoms with E-state index in [1.165, 1.54) is 18.2 Å². The monoisotopic (exact) mass is 571 g/mol. The van der Waals surface area contributed by atoms with Gasteiger partial charge in [-0.2, -0.15) is 0 Å². The zero-order valence-corrected chi connectivity index (χ0v) is 23.7. The number of aliphatic hydroxyl groups is 2. The summed E-state index contributed by atoms with van der Waals surface area (Å²) < 4.78 is 24.0. The number of hydrogen-bond acceptors (Lipinski definition) is 8. The molecule has 5 N–H and O–H groups in total. The Bertz CT molecular complexity index is 1580. The number of sulfonamides is 1. The molecule has 8 atom stereocenters. The average molecular weight is 572 g/mol. The maximum atomic E-state index is 13.9. The van der Waals surface area contributed by atoms with Crippen LogP contribution in [0.3, 0.4) is 0 Å². The lowest BCUT2D eigenvalue weighted by molar-refractivity contribution is -0.179. The first-order valence-electron chi connectivity index (χ1n) is 13.3. The molecule has 39 heavy (non-hydrogen) atoms. The van der Waals surface area contributed by atoms with Crippen molar-refractivity contribution in [3.8, 4) is 0 Å². The Kier molecular flexibility index (Phi) is 5.85. The number of anilines is 1. The summed E-state index contributed by atoms with van der Waals surface area (Å²) in [4.78, 5) is 30.3. The largest absolute Gasteiger partial charge is 0.393 e. The Labute approximate surface area is 231 Å². The van der Waals surface area contributed by atoms with E-state index in [0.29, 0.717) is 16.6 Å². The van der Waals surface area contributed by atoms with Crippen LogP contribution in [0.5, 0.6) is 0 Å². The van der Waals surface area contributed by atoms with Crippen LogP contribution in [0, 0.1) is 34.5 Å². The lowest BCUT2D eigenvalue weighted by Gasteiger charge is -2.59. The number of carbonyl (C=O) groups excluding carboxylic acids is 2. The van der Waals surface area contributed by atoms with Gasteiger partial charge >= 0.3 is 0 Å². The smallest absolute Gasteiger partial charge is 0.258 e. The highest BCUT2D eigenvalue weighted by molar-refractivity contribution is 7.89. The lowest BCUT2D eigenvalue weighted by Crippen LogP contribution is -2.63. The fourth-order valence-corrected chi connectivity index (χ4v) is 9.99. The predicted molar refractivity (Wildman–Crippen MR) is 147 cm³/mol. The van der Waals surface area contributed by atoms with E-state index in [2.05, 4.69) is 17.2 Å². The quantitative estimate of drug-likeness (QED) is 0.440. The third-order valence-corrected chi connectivity index (χ3v) is 12.2. The minimum Gasteiger partial charge on any atom is -0.393 e. The highest BCUT2D eigenvalue weighted by atomic mass is 32.2. The van der Waals surface area contributed by atoms with Crippen molar-refractivity contribution in [3.63, 3.8) is 0 Å². The standard InChI is InChI=1S/C28H33N3O6S2/c1-14-10-19-18-6-4-15-11-16(32)8-9-26(15,2)23(18)21(33)13-27(19,3)28(14,35)24(34)31-25-30-20-7-5-17(39(29,36)37)12-22(20)38-25/h5,7-9,11-12,14,18-19,21,23,33,35H,4,6,10,13H2,1-3H3,(H2,29,36,37)(H,30,31,34)/t14-,18?,19?,21+,23?,26?,27?,28+/m1/s1. The minimum absolute atomic E-state index is 0.00809. The predicted octanol–water partition coefficient (Wildman–Crippen LogP) is 3.14. The number of nitrogens with one attached hydrogen (secondary N) is 1. The van der Waals surface area contributed by atoms with Crippen molar-refractivity contribution in [1.29, 1.82) is 0 Å². The van der Waals surface area contributed by atoms with Crippen LogP contribution in [0.1, 0.15) is 46.5 Å². The molecular weight excluding hydrogens is 538 g/mol. The molecule has 11 heteroatoms. The van der Waals surface area contributed by atoms with Crippen molar-refractivity contribution in [2.45, 2.75) is 63.1 Å². The molecular formula is C28H33N3O6S2. The summed E-state index contributed by atoms with van der Waals surface area (Å²) in [6, 6.07) is 4.31. The van der Waals surface area contributed by atoms with Gasteiger partial charge in [0.1, 0.15) is 0 Å². The number of ketones is 1. The third kappa shape index (κ3) is 3.73. The molecule has 0 bridgehead atoms. The molecule has 6 rings (SSSR count).